The third-order valence-corrected chi connectivity index (χ3v) is 3.80. The first-order valence-corrected chi connectivity index (χ1v) is 7.83. The summed E-state index contributed by atoms with van der Waals surface area (Å²) in [5, 5.41) is 9.41. The van der Waals surface area contributed by atoms with Crippen LogP contribution in [0.1, 0.15) is 18.3 Å². The number of amides is 1. The van der Waals surface area contributed by atoms with E-state index in [2.05, 4.69) is 15.4 Å². The SMILES string of the molecule is CCOC(=O)Cc1csc(NC(=O)Cn2cc(Cl)c(C)n2)n1. The molecule has 2 heterocycles. The Balaban J connectivity index is 1.89. The van der Waals surface area contributed by atoms with E-state index in [4.69, 9.17) is 16.3 Å². The minimum Gasteiger partial charge on any atom is -0.466 e. The largest absolute Gasteiger partial charge is 0.466 e. The Labute approximate surface area is 136 Å². The summed E-state index contributed by atoms with van der Waals surface area (Å²) < 4.78 is 6.30. The third kappa shape index (κ3) is 4.54. The van der Waals surface area contributed by atoms with Crippen LogP contribution in [0, 0.1) is 6.92 Å². The van der Waals surface area contributed by atoms with Crippen LogP contribution in [0.15, 0.2) is 11.6 Å². The van der Waals surface area contributed by atoms with Crippen LogP contribution >= 0.6 is 22.9 Å². The number of carbonyl (C=O) groups is 2. The molecule has 0 radical (unpaired) electrons. The number of halogens is 1. The number of nitrogens with one attached hydrogen (secondary N) is 1. The fourth-order valence-corrected chi connectivity index (χ4v) is 2.56. The maximum absolute atomic E-state index is 11.9. The standard InChI is InChI=1S/C13H15ClN4O3S/c1-3-21-12(20)4-9-7-22-13(15-9)16-11(19)6-18-5-10(14)8(2)17-18/h5,7H,3-4,6H2,1-2H3,(H,15,16,19). The van der Waals surface area contributed by atoms with Gasteiger partial charge in [-0.1, -0.05) is 11.6 Å². The molecule has 0 atom stereocenters. The molecule has 0 spiro atoms. The molecule has 1 N–H and O–H groups in total. The summed E-state index contributed by atoms with van der Waals surface area (Å²) >= 11 is 7.13. The van der Waals surface area contributed by atoms with E-state index in [9.17, 15) is 9.59 Å². The lowest BCUT2D eigenvalue weighted by atomic mass is 10.3. The van der Waals surface area contributed by atoms with Crippen molar-refractivity contribution in [3.8, 4) is 0 Å². The summed E-state index contributed by atoms with van der Waals surface area (Å²) in [5.41, 5.74) is 1.23. The first-order valence-electron chi connectivity index (χ1n) is 6.57. The maximum atomic E-state index is 11.9. The summed E-state index contributed by atoms with van der Waals surface area (Å²) in [6, 6.07) is 0. The molecule has 0 saturated heterocycles. The van der Waals surface area contributed by atoms with Crippen LogP contribution in [0.5, 0.6) is 0 Å². The zero-order chi connectivity index (χ0) is 16.1. The number of carbonyl (C=O) groups excluding carboxylic acids is 2. The van der Waals surface area contributed by atoms with E-state index >= 15 is 0 Å². The molecule has 0 bridgehead atoms. The van der Waals surface area contributed by atoms with Gasteiger partial charge in [0.1, 0.15) is 6.54 Å². The Bertz CT molecular complexity index is 663. The number of anilines is 1. The normalized spacial score (nSPS) is 10.5. The zero-order valence-corrected chi connectivity index (χ0v) is 13.7. The first kappa shape index (κ1) is 16.4. The van der Waals surface area contributed by atoms with E-state index in [1.54, 1.807) is 25.4 Å². The van der Waals surface area contributed by atoms with Gasteiger partial charge in [-0.05, 0) is 13.8 Å². The zero-order valence-electron chi connectivity index (χ0n) is 12.1. The fraction of sp³-hybridized carbons (Fsp3) is 0.385. The molecular weight excluding hydrogens is 328 g/mol. The fourth-order valence-electron chi connectivity index (χ4n) is 1.69. The number of aryl methyl sites for hydroxylation is 1. The van der Waals surface area contributed by atoms with E-state index in [-0.39, 0.29) is 24.8 Å². The maximum Gasteiger partial charge on any atom is 0.311 e. The molecule has 2 rings (SSSR count). The quantitative estimate of drug-likeness (QED) is 0.812. The monoisotopic (exact) mass is 342 g/mol. The molecule has 22 heavy (non-hydrogen) atoms. The topological polar surface area (TPSA) is 86.1 Å². The van der Waals surface area contributed by atoms with Gasteiger partial charge < -0.3 is 10.1 Å². The number of esters is 1. The van der Waals surface area contributed by atoms with Gasteiger partial charge in [-0.3, -0.25) is 14.3 Å². The van der Waals surface area contributed by atoms with Crippen LogP contribution < -0.4 is 5.32 Å². The molecule has 0 fully saturated rings. The highest BCUT2D eigenvalue weighted by molar-refractivity contribution is 7.13. The molecule has 0 aliphatic carbocycles. The Morgan fingerprint density at radius 2 is 2.27 bits per heavy atom. The van der Waals surface area contributed by atoms with Gasteiger partial charge in [0, 0.05) is 11.6 Å². The average molecular weight is 343 g/mol. The Morgan fingerprint density at radius 3 is 2.91 bits per heavy atom. The lowest BCUT2D eigenvalue weighted by Crippen LogP contribution is -2.19. The second kappa shape index (κ2) is 7.37. The highest BCUT2D eigenvalue weighted by Gasteiger charge is 2.11. The number of rotatable bonds is 6. The predicted octanol–water partition coefficient (Wildman–Crippen LogP) is 2.05. The minimum absolute atomic E-state index is 0.0420. The van der Waals surface area contributed by atoms with Crippen molar-refractivity contribution in [1.29, 1.82) is 0 Å². The predicted molar refractivity (Wildman–Crippen MR) is 83.1 cm³/mol. The molecule has 9 heteroatoms. The highest BCUT2D eigenvalue weighted by atomic mass is 35.5. The molecule has 0 aliphatic rings. The van der Waals surface area contributed by atoms with E-state index in [0.717, 1.165) is 0 Å². The Kier molecular flexibility index (Phi) is 5.51. The van der Waals surface area contributed by atoms with Gasteiger partial charge in [-0.2, -0.15) is 5.10 Å². The van der Waals surface area contributed by atoms with Crippen molar-refractivity contribution in [2.24, 2.45) is 0 Å². The van der Waals surface area contributed by atoms with Gasteiger partial charge >= 0.3 is 5.97 Å². The molecule has 0 aromatic carbocycles. The van der Waals surface area contributed by atoms with E-state index in [0.29, 0.717) is 28.1 Å². The van der Waals surface area contributed by atoms with E-state index < -0.39 is 0 Å². The second-order valence-electron chi connectivity index (χ2n) is 4.43. The minimum atomic E-state index is -0.340. The van der Waals surface area contributed by atoms with Gasteiger partial charge in [-0.25, -0.2) is 4.98 Å². The van der Waals surface area contributed by atoms with Crippen LogP contribution in [0.2, 0.25) is 5.02 Å². The van der Waals surface area contributed by atoms with Crippen LogP contribution in [-0.2, 0) is 27.3 Å². The molecule has 0 saturated carbocycles. The molecular formula is C13H15ClN4O3S. The van der Waals surface area contributed by atoms with Crippen molar-refractivity contribution in [1.82, 2.24) is 14.8 Å². The molecule has 1 amide bonds. The van der Waals surface area contributed by atoms with Crippen molar-refractivity contribution in [2.45, 2.75) is 26.8 Å². The highest BCUT2D eigenvalue weighted by Crippen LogP contribution is 2.16. The van der Waals surface area contributed by atoms with Gasteiger partial charge in [0.25, 0.3) is 0 Å². The van der Waals surface area contributed by atoms with Crippen molar-refractivity contribution >= 4 is 39.9 Å². The summed E-state index contributed by atoms with van der Waals surface area (Å²) in [6.45, 7) is 3.88. The molecule has 118 valence electrons. The van der Waals surface area contributed by atoms with Crippen molar-refractivity contribution in [2.75, 3.05) is 11.9 Å². The summed E-state index contributed by atoms with van der Waals surface area (Å²) in [4.78, 5) is 27.4. The van der Waals surface area contributed by atoms with Gasteiger partial charge in [0.15, 0.2) is 5.13 Å². The number of hydrogen-bond acceptors (Lipinski definition) is 6. The second-order valence-corrected chi connectivity index (χ2v) is 5.70. The number of nitrogens with zero attached hydrogens (tertiary/aromatic N) is 3. The molecule has 7 nitrogen and oxygen atoms in total. The van der Waals surface area contributed by atoms with Gasteiger partial charge in [0.05, 0.1) is 29.4 Å². The lowest BCUT2D eigenvalue weighted by molar-refractivity contribution is -0.142. The summed E-state index contributed by atoms with van der Waals surface area (Å²) in [5.74, 6) is -0.608. The first-order chi connectivity index (χ1) is 10.5. The smallest absolute Gasteiger partial charge is 0.311 e. The Morgan fingerprint density at radius 1 is 1.50 bits per heavy atom. The number of hydrogen-bond donors (Lipinski definition) is 1. The average Bonchev–Trinajstić information content (AvgIpc) is 2.97. The van der Waals surface area contributed by atoms with Gasteiger partial charge in [0.2, 0.25) is 5.91 Å². The summed E-state index contributed by atoms with van der Waals surface area (Å²) in [6.07, 6.45) is 1.68. The lowest BCUT2D eigenvalue weighted by Gasteiger charge is -2.01. The summed E-state index contributed by atoms with van der Waals surface area (Å²) in [7, 11) is 0. The van der Waals surface area contributed by atoms with Gasteiger partial charge in [-0.15, -0.1) is 11.3 Å². The van der Waals surface area contributed by atoms with Crippen molar-refractivity contribution < 1.29 is 14.3 Å². The van der Waals surface area contributed by atoms with Crippen LogP contribution in [0.4, 0.5) is 5.13 Å². The van der Waals surface area contributed by atoms with E-state index in [1.807, 2.05) is 0 Å². The molecule has 0 aliphatic heterocycles. The van der Waals surface area contributed by atoms with Crippen LogP contribution in [0.3, 0.4) is 0 Å². The number of ether oxygens (including phenoxy) is 1. The molecule has 2 aromatic heterocycles. The van der Waals surface area contributed by atoms with Crippen molar-refractivity contribution in [3.63, 3.8) is 0 Å². The number of aromatic nitrogens is 3. The van der Waals surface area contributed by atoms with Crippen LogP contribution in [-0.4, -0.2) is 33.2 Å². The Hall–Kier alpha value is -1.93. The molecule has 0 unspecified atom stereocenters. The third-order valence-electron chi connectivity index (χ3n) is 2.62. The van der Waals surface area contributed by atoms with Crippen LogP contribution in [0.25, 0.3) is 0 Å². The molecule has 2 aromatic rings. The number of thiazole rings is 1. The van der Waals surface area contributed by atoms with E-state index in [1.165, 1.54) is 16.0 Å². The van der Waals surface area contributed by atoms with Crippen molar-refractivity contribution in [3.05, 3.63) is 28.0 Å².